The molecular weight excluding hydrogens is 454 g/mol. The number of amides is 2. The zero-order valence-corrected chi connectivity index (χ0v) is 21.6. The van der Waals surface area contributed by atoms with Crippen molar-refractivity contribution >= 4 is 27.5 Å². The minimum Gasteiger partial charge on any atom is -0.497 e. The number of rotatable bonds is 11. The van der Waals surface area contributed by atoms with Gasteiger partial charge in [-0.3, -0.25) is 13.9 Å². The molecule has 0 unspecified atom stereocenters. The SMILES string of the molecule is CC[C@@H](C(=O)NC)N(Cc1cccc(OC)c1)C(=O)CN(c1ccccc1C(C)C)S(C)(=O)=O. The summed E-state index contributed by atoms with van der Waals surface area (Å²) < 4.78 is 32.0. The van der Waals surface area contributed by atoms with E-state index in [1.807, 2.05) is 39.0 Å². The van der Waals surface area contributed by atoms with Crippen molar-refractivity contribution in [3.05, 3.63) is 59.7 Å². The predicted molar refractivity (Wildman–Crippen MR) is 134 cm³/mol. The number of ether oxygens (including phenoxy) is 1. The van der Waals surface area contributed by atoms with Crippen molar-refractivity contribution in [2.24, 2.45) is 0 Å². The molecule has 1 N–H and O–H groups in total. The van der Waals surface area contributed by atoms with E-state index in [0.717, 1.165) is 21.7 Å². The second kappa shape index (κ2) is 11.9. The molecule has 0 aromatic heterocycles. The standard InChI is InChI=1S/C25H35N3O5S/c1-7-22(25(30)26-4)27(16-19-11-10-12-20(15-19)33-5)24(29)17-28(34(6,31)32)23-14-9-8-13-21(23)18(2)3/h8-15,18,22H,7,16-17H2,1-6H3,(H,26,30)/t22-/m0/s1. The number of hydrogen-bond acceptors (Lipinski definition) is 5. The Morgan fingerprint density at radius 1 is 1.09 bits per heavy atom. The molecule has 0 aliphatic heterocycles. The van der Waals surface area contributed by atoms with Crippen LogP contribution in [0.1, 0.15) is 44.2 Å². The normalized spacial score (nSPS) is 12.2. The molecule has 186 valence electrons. The Balaban J connectivity index is 2.50. The number of anilines is 1. The van der Waals surface area contributed by atoms with Gasteiger partial charge in [-0.15, -0.1) is 0 Å². The Hall–Kier alpha value is -3.07. The average Bonchev–Trinajstić information content (AvgIpc) is 2.81. The van der Waals surface area contributed by atoms with Crippen LogP contribution in [0.3, 0.4) is 0 Å². The summed E-state index contributed by atoms with van der Waals surface area (Å²) in [7, 11) is -0.711. The van der Waals surface area contributed by atoms with Crippen LogP contribution in [0.4, 0.5) is 5.69 Å². The molecule has 0 aliphatic carbocycles. The maximum absolute atomic E-state index is 13.6. The van der Waals surface area contributed by atoms with Crippen molar-refractivity contribution in [3.8, 4) is 5.75 Å². The summed E-state index contributed by atoms with van der Waals surface area (Å²) in [6, 6.07) is 13.6. The summed E-state index contributed by atoms with van der Waals surface area (Å²) in [5.74, 6) is -0.103. The van der Waals surface area contributed by atoms with Gasteiger partial charge in [0, 0.05) is 13.6 Å². The van der Waals surface area contributed by atoms with Crippen molar-refractivity contribution in [2.45, 2.75) is 45.7 Å². The van der Waals surface area contributed by atoms with Crippen molar-refractivity contribution in [1.29, 1.82) is 0 Å². The Bertz CT molecular complexity index is 1100. The van der Waals surface area contributed by atoms with Gasteiger partial charge < -0.3 is 15.0 Å². The topological polar surface area (TPSA) is 96.0 Å². The van der Waals surface area contributed by atoms with E-state index in [0.29, 0.717) is 17.9 Å². The van der Waals surface area contributed by atoms with Crippen LogP contribution >= 0.6 is 0 Å². The van der Waals surface area contributed by atoms with Gasteiger partial charge in [0.25, 0.3) is 0 Å². The Morgan fingerprint density at radius 2 is 1.76 bits per heavy atom. The Labute approximate surface area is 202 Å². The van der Waals surface area contributed by atoms with E-state index in [-0.39, 0.29) is 18.4 Å². The van der Waals surface area contributed by atoms with Crippen LogP contribution in [0.25, 0.3) is 0 Å². The van der Waals surface area contributed by atoms with Gasteiger partial charge in [0.2, 0.25) is 21.8 Å². The van der Waals surface area contributed by atoms with Crippen LogP contribution < -0.4 is 14.4 Å². The first-order valence-corrected chi connectivity index (χ1v) is 13.1. The highest BCUT2D eigenvalue weighted by molar-refractivity contribution is 7.92. The smallest absolute Gasteiger partial charge is 0.244 e. The average molecular weight is 490 g/mol. The first kappa shape index (κ1) is 27.2. The number of methoxy groups -OCH3 is 1. The summed E-state index contributed by atoms with van der Waals surface area (Å²) in [6.07, 6.45) is 1.46. The highest BCUT2D eigenvalue weighted by Gasteiger charge is 2.32. The van der Waals surface area contributed by atoms with Gasteiger partial charge in [-0.25, -0.2) is 8.42 Å². The van der Waals surface area contributed by atoms with Gasteiger partial charge in [0.1, 0.15) is 18.3 Å². The largest absolute Gasteiger partial charge is 0.497 e. The molecule has 2 amide bonds. The molecule has 0 saturated carbocycles. The number of nitrogens with one attached hydrogen (secondary N) is 1. The van der Waals surface area contributed by atoms with Gasteiger partial charge in [-0.05, 0) is 41.7 Å². The van der Waals surface area contributed by atoms with Crippen LogP contribution in [0, 0.1) is 0 Å². The summed E-state index contributed by atoms with van der Waals surface area (Å²) in [4.78, 5) is 27.7. The minimum atomic E-state index is -3.78. The maximum atomic E-state index is 13.6. The van der Waals surface area contributed by atoms with E-state index in [1.165, 1.54) is 11.9 Å². The highest BCUT2D eigenvalue weighted by Crippen LogP contribution is 2.29. The molecule has 0 bridgehead atoms. The molecule has 2 aromatic carbocycles. The van der Waals surface area contributed by atoms with Crippen LogP contribution in [0.5, 0.6) is 5.75 Å². The fraction of sp³-hybridized carbons (Fsp3) is 0.440. The van der Waals surface area contributed by atoms with Crippen molar-refractivity contribution in [1.82, 2.24) is 10.2 Å². The molecule has 9 heteroatoms. The third kappa shape index (κ3) is 6.72. The summed E-state index contributed by atoms with van der Waals surface area (Å²) in [5.41, 5.74) is 2.05. The molecule has 2 rings (SSSR count). The molecule has 34 heavy (non-hydrogen) atoms. The van der Waals surface area contributed by atoms with Gasteiger partial charge in [0.15, 0.2) is 0 Å². The third-order valence-electron chi connectivity index (χ3n) is 5.63. The van der Waals surface area contributed by atoms with Crippen molar-refractivity contribution < 1.29 is 22.7 Å². The van der Waals surface area contributed by atoms with Crippen LogP contribution in [0.15, 0.2) is 48.5 Å². The van der Waals surface area contributed by atoms with Gasteiger partial charge in [0.05, 0.1) is 19.1 Å². The van der Waals surface area contributed by atoms with Crippen molar-refractivity contribution in [2.75, 3.05) is 31.3 Å². The zero-order valence-electron chi connectivity index (χ0n) is 20.7. The van der Waals surface area contributed by atoms with Gasteiger partial charge in [-0.1, -0.05) is 51.1 Å². The number of nitrogens with zero attached hydrogens (tertiary/aromatic N) is 2. The lowest BCUT2D eigenvalue weighted by atomic mass is 10.0. The molecule has 2 aromatic rings. The summed E-state index contributed by atoms with van der Waals surface area (Å²) in [6.45, 7) is 5.46. The molecule has 1 atom stereocenters. The Morgan fingerprint density at radius 3 is 2.32 bits per heavy atom. The molecule has 0 aliphatic rings. The molecule has 0 saturated heterocycles. The van der Waals surface area contributed by atoms with Crippen LogP contribution in [-0.4, -0.2) is 58.1 Å². The molecule has 0 spiro atoms. The van der Waals surface area contributed by atoms with Gasteiger partial charge in [-0.2, -0.15) is 0 Å². The fourth-order valence-corrected chi connectivity index (χ4v) is 4.72. The third-order valence-corrected chi connectivity index (χ3v) is 6.75. The predicted octanol–water partition coefficient (Wildman–Crippen LogP) is 3.14. The van der Waals surface area contributed by atoms with Crippen LogP contribution in [-0.2, 0) is 26.2 Å². The second-order valence-corrected chi connectivity index (χ2v) is 10.3. The Kier molecular flexibility index (Phi) is 9.49. The molecule has 0 heterocycles. The summed E-state index contributed by atoms with van der Waals surface area (Å²) in [5, 5.41) is 2.61. The van der Waals surface area contributed by atoms with E-state index in [4.69, 9.17) is 4.74 Å². The molecule has 8 nitrogen and oxygen atoms in total. The maximum Gasteiger partial charge on any atom is 0.244 e. The number of carbonyl (C=O) groups excluding carboxylic acids is 2. The van der Waals surface area contributed by atoms with E-state index in [9.17, 15) is 18.0 Å². The number of benzene rings is 2. The fourth-order valence-electron chi connectivity index (χ4n) is 3.85. The van der Waals surface area contributed by atoms with Gasteiger partial charge >= 0.3 is 0 Å². The second-order valence-electron chi connectivity index (χ2n) is 8.39. The van der Waals surface area contributed by atoms with E-state index < -0.39 is 28.5 Å². The number of carbonyl (C=O) groups is 2. The number of likely N-dealkylation sites (N-methyl/N-ethyl adjacent to an activating group) is 1. The number of sulfonamides is 1. The van der Waals surface area contributed by atoms with Crippen LogP contribution in [0.2, 0.25) is 0 Å². The molecule has 0 radical (unpaired) electrons. The lowest BCUT2D eigenvalue weighted by molar-refractivity contribution is -0.140. The molecular formula is C25H35N3O5S. The van der Waals surface area contributed by atoms with E-state index in [1.54, 1.807) is 37.4 Å². The first-order valence-electron chi connectivity index (χ1n) is 11.2. The van der Waals surface area contributed by atoms with E-state index in [2.05, 4.69) is 5.32 Å². The first-order chi connectivity index (χ1) is 16.0. The lowest BCUT2D eigenvalue weighted by Crippen LogP contribution is -2.51. The quantitative estimate of drug-likeness (QED) is 0.523. The molecule has 0 fully saturated rings. The summed E-state index contributed by atoms with van der Waals surface area (Å²) >= 11 is 0. The monoisotopic (exact) mass is 489 g/mol. The zero-order chi connectivity index (χ0) is 25.5. The lowest BCUT2D eigenvalue weighted by Gasteiger charge is -2.33. The number of hydrogen-bond donors (Lipinski definition) is 1. The van der Waals surface area contributed by atoms with Crippen molar-refractivity contribution in [3.63, 3.8) is 0 Å². The minimum absolute atomic E-state index is 0.0534. The number of para-hydroxylation sites is 1. The highest BCUT2D eigenvalue weighted by atomic mass is 32.2. The van der Waals surface area contributed by atoms with E-state index >= 15 is 0 Å².